The fraction of sp³-hybridized carbons (Fsp3) is 0.600. The Hall–Kier alpha value is -1.26. The second-order valence-electron chi connectivity index (χ2n) is 6.42. The summed E-state index contributed by atoms with van der Waals surface area (Å²) in [6, 6.07) is 0. The summed E-state index contributed by atoms with van der Waals surface area (Å²) >= 11 is 0. The molecule has 0 bridgehead atoms. The molecule has 118 valence electrons. The van der Waals surface area contributed by atoms with Crippen molar-refractivity contribution in [1.29, 1.82) is 0 Å². The number of terminal acetylenes is 1. The zero-order chi connectivity index (χ0) is 16.3. The third-order valence-corrected chi connectivity index (χ3v) is 3.56. The monoisotopic (exact) mass is 288 g/mol. The molecule has 0 rings (SSSR count). The van der Waals surface area contributed by atoms with Gasteiger partial charge in [0.1, 0.15) is 5.60 Å². The van der Waals surface area contributed by atoms with E-state index in [0.717, 1.165) is 32.1 Å². The first-order valence-electron chi connectivity index (χ1n) is 7.91. The van der Waals surface area contributed by atoms with Crippen LogP contribution in [0.25, 0.3) is 0 Å². The van der Waals surface area contributed by atoms with Gasteiger partial charge in [0.25, 0.3) is 0 Å². The molecule has 0 aliphatic carbocycles. The topological polar surface area (TPSA) is 20.2 Å². The first-order valence-corrected chi connectivity index (χ1v) is 7.91. The summed E-state index contributed by atoms with van der Waals surface area (Å²) in [6.45, 7) is 10.3. The van der Waals surface area contributed by atoms with Gasteiger partial charge < -0.3 is 5.11 Å². The maximum absolute atomic E-state index is 9.73. The van der Waals surface area contributed by atoms with E-state index in [9.17, 15) is 5.11 Å². The third-order valence-electron chi connectivity index (χ3n) is 3.56. The second kappa shape index (κ2) is 10.5. The van der Waals surface area contributed by atoms with Crippen LogP contribution in [0.5, 0.6) is 0 Å². The quantitative estimate of drug-likeness (QED) is 0.434. The Labute approximate surface area is 131 Å². The fourth-order valence-corrected chi connectivity index (χ4v) is 2.01. The molecule has 1 N–H and O–H groups in total. The Morgan fingerprint density at radius 2 is 1.43 bits per heavy atom. The molecular formula is C20H32O. The minimum absolute atomic E-state index is 0.623. The SMILES string of the molecule is C#CC(C)(O)CC/C=C(\C)CC/C=C(\C)CCC=C(C)C. The van der Waals surface area contributed by atoms with Gasteiger partial charge in [-0.05, 0) is 73.1 Å². The predicted octanol–water partition coefficient (Wildman–Crippen LogP) is 5.57. The first kappa shape index (κ1) is 19.7. The highest BCUT2D eigenvalue weighted by Gasteiger charge is 2.14. The molecule has 0 fully saturated rings. The smallest absolute Gasteiger partial charge is 0.122 e. The van der Waals surface area contributed by atoms with Crippen molar-refractivity contribution in [3.05, 3.63) is 34.9 Å². The Kier molecular flexibility index (Phi) is 9.84. The molecule has 0 radical (unpaired) electrons. The molecule has 0 aromatic heterocycles. The van der Waals surface area contributed by atoms with Crippen molar-refractivity contribution in [1.82, 2.24) is 0 Å². The van der Waals surface area contributed by atoms with E-state index in [2.05, 4.69) is 51.8 Å². The average molecular weight is 288 g/mol. The summed E-state index contributed by atoms with van der Waals surface area (Å²) in [4.78, 5) is 0. The van der Waals surface area contributed by atoms with Crippen LogP contribution in [0.4, 0.5) is 0 Å². The maximum atomic E-state index is 9.73. The Morgan fingerprint density at radius 3 is 1.90 bits per heavy atom. The Bertz CT molecular complexity index is 423. The zero-order valence-corrected chi connectivity index (χ0v) is 14.5. The summed E-state index contributed by atoms with van der Waals surface area (Å²) in [5, 5.41) is 9.73. The van der Waals surface area contributed by atoms with Crippen molar-refractivity contribution in [3.63, 3.8) is 0 Å². The van der Waals surface area contributed by atoms with Crippen LogP contribution < -0.4 is 0 Å². The summed E-state index contributed by atoms with van der Waals surface area (Å²) in [5.41, 5.74) is 3.26. The fourth-order valence-electron chi connectivity index (χ4n) is 2.01. The van der Waals surface area contributed by atoms with Crippen LogP contribution >= 0.6 is 0 Å². The molecule has 0 aromatic carbocycles. The number of rotatable bonds is 9. The molecule has 0 aliphatic heterocycles. The van der Waals surface area contributed by atoms with E-state index in [-0.39, 0.29) is 0 Å². The molecule has 1 nitrogen and oxygen atoms in total. The van der Waals surface area contributed by atoms with Crippen LogP contribution in [0.3, 0.4) is 0 Å². The van der Waals surface area contributed by atoms with Crippen molar-refractivity contribution < 1.29 is 5.11 Å². The van der Waals surface area contributed by atoms with Gasteiger partial charge in [0, 0.05) is 0 Å². The van der Waals surface area contributed by atoms with Gasteiger partial charge in [0.15, 0.2) is 0 Å². The molecule has 21 heavy (non-hydrogen) atoms. The molecule has 0 aromatic rings. The zero-order valence-electron chi connectivity index (χ0n) is 14.5. The van der Waals surface area contributed by atoms with Crippen LogP contribution in [0.2, 0.25) is 0 Å². The molecule has 1 atom stereocenters. The summed E-state index contributed by atoms with van der Waals surface area (Å²) in [7, 11) is 0. The molecule has 0 heterocycles. The molecule has 1 heteroatoms. The number of hydrogen-bond donors (Lipinski definition) is 1. The van der Waals surface area contributed by atoms with Crippen molar-refractivity contribution in [3.8, 4) is 12.3 Å². The Balaban J connectivity index is 3.99. The van der Waals surface area contributed by atoms with Gasteiger partial charge in [0.2, 0.25) is 0 Å². The average Bonchev–Trinajstić information content (AvgIpc) is 2.38. The second-order valence-corrected chi connectivity index (χ2v) is 6.42. The molecule has 1 unspecified atom stereocenters. The minimum atomic E-state index is -0.974. The van der Waals surface area contributed by atoms with Crippen LogP contribution in [-0.4, -0.2) is 10.7 Å². The normalized spacial score (nSPS) is 15.3. The van der Waals surface area contributed by atoms with Gasteiger partial charge in [-0.15, -0.1) is 6.42 Å². The largest absolute Gasteiger partial charge is 0.378 e. The number of allylic oxidation sites excluding steroid dienone is 6. The van der Waals surface area contributed by atoms with E-state index >= 15 is 0 Å². The van der Waals surface area contributed by atoms with Crippen molar-refractivity contribution in [2.24, 2.45) is 0 Å². The van der Waals surface area contributed by atoms with E-state index < -0.39 is 5.60 Å². The minimum Gasteiger partial charge on any atom is -0.378 e. The van der Waals surface area contributed by atoms with E-state index in [1.165, 1.54) is 16.7 Å². The van der Waals surface area contributed by atoms with E-state index in [0.29, 0.717) is 6.42 Å². The first-order chi connectivity index (χ1) is 9.76. The summed E-state index contributed by atoms with van der Waals surface area (Å²) in [5.74, 6) is 2.41. The van der Waals surface area contributed by atoms with E-state index in [4.69, 9.17) is 6.42 Å². The van der Waals surface area contributed by atoms with Gasteiger partial charge in [-0.3, -0.25) is 0 Å². The number of hydrogen-bond acceptors (Lipinski definition) is 1. The van der Waals surface area contributed by atoms with Gasteiger partial charge in [-0.25, -0.2) is 0 Å². The third kappa shape index (κ3) is 12.2. The van der Waals surface area contributed by atoms with Gasteiger partial charge >= 0.3 is 0 Å². The molecule has 0 saturated carbocycles. The van der Waals surface area contributed by atoms with Gasteiger partial charge in [0.05, 0.1) is 0 Å². The van der Waals surface area contributed by atoms with Crippen LogP contribution in [0.1, 0.15) is 73.1 Å². The summed E-state index contributed by atoms with van der Waals surface area (Å²) in [6.07, 6.45) is 18.0. The van der Waals surface area contributed by atoms with Crippen LogP contribution in [-0.2, 0) is 0 Å². The molecule has 0 spiro atoms. The van der Waals surface area contributed by atoms with Gasteiger partial charge in [-0.2, -0.15) is 0 Å². The number of aliphatic hydroxyl groups is 1. The van der Waals surface area contributed by atoms with Crippen molar-refractivity contribution >= 4 is 0 Å². The van der Waals surface area contributed by atoms with Gasteiger partial charge in [-0.1, -0.05) is 40.9 Å². The van der Waals surface area contributed by atoms with Crippen molar-refractivity contribution in [2.45, 2.75) is 78.7 Å². The lowest BCUT2D eigenvalue weighted by atomic mass is 9.99. The summed E-state index contributed by atoms with van der Waals surface area (Å²) < 4.78 is 0. The highest BCUT2D eigenvalue weighted by molar-refractivity contribution is 5.08. The standard InChI is InChI=1S/C20H32O/c1-7-20(6,21)16-10-15-19(5)14-9-13-18(4)12-8-11-17(2)3/h1,11,13,15,21H,8-10,12,14,16H2,2-6H3/b18-13+,19-15+. The van der Waals surface area contributed by atoms with Crippen LogP contribution in [0.15, 0.2) is 34.9 Å². The van der Waals surface area contributed by atoms with E-state index in [1.807, 2.05) is 0 Å². The predicted molar refractivity (Wildman–Crippen MR) is 94.1 cm³/mol. The molecule has 0 aliphatic rings. The molecular weight excluding hydrogens is 256 g/mol. The molecule has 0 saturated heterocycles. The lowest BCUT2D eigenvalue weighted by Crippen LogP contribution is -2.20. The molecule has 0 amide bonds. The maximum Gasteiger partial charge on any atom is 0.122 e. The highest BCUT2D eigenvalue weighted by Crippen LogP contribution is 2.15. The van der Waals surface area contributed by atoms with Crippen molar-refractivity contribution in [2.75, 3.05) is 0 Å². The lowest BCUT2D eigenvalue weighted by molar-refractivity contribution is 0.113. The van der Waals surface area contributed by atoms with Crippen LogP contribution in [0, 0.1) is 12.3 Å². The lowest BCUT2D eigenvalue weighted by Gasteiger charge is -2.14. The van der Waals surface area contributed by atoms with E-state index in [1.54, 1.807) is 6.92 Å². The highest BCUT2D eigenvalue weighted by atomic mass is 16.3. The Morgan fingerprint density at radius 1 is 0.952 bits per heavy atom.